The molecule has 90 valence electrons. The monoisotopic (exact) mass is 339 g/mol. The van der Waals surface area contributed by atoms with E-state index in [4.69, 9.17) is 11.6 Å². The van der Waals surface area contributed by atoms with Crippen LogP contribution in [0.4, 0.5) is 0 Å². The van der Waals surface area contributed by atoms with E-state index in [-0.39, 0.29) is 0 Å². The molecule has 0 unspecified atom stereocenters. The number of aromatic nitrogens is 3. The Morgan fingerprint density at radius 2 is 2.17 bits per heavy atom. The molecule has 0 spiro atoms. The maximum absolute atomic E-state index is 6.05. The van der Waals surface area contributed by atoms with Crippen LogP contribution < -0.4 is 0 Å². The number of rotatable bonds is 1. The van der Waals surface area contributed by atoms with Crippen LogP contribution in [0.25, 0.3) is 21.6 Å². The van der Waals surface area contributed by atoms with E-state index in [0.717, 1.165) is 25.9 Å². The van der Waals surface area contributed by atoms with E-state index in [1.165, 1.54) is 0 Å². The van der Waals surface area contributed by atoms with Gasteiger partial charge in [0.2, 0.25) is 0 Å². The quantitative estimate of drug-likeness (QED) is 0.613. The summed E-state index contributed by atoms with van der Waals surface area (Å²) in [6.45, 7) is 1.89. The van der Waals surface area contributed by atoms with Gasteiger partial charge in [-0.2, -0.15) is 0 Å². The minimum atomic E-state index is 0.420. The van der Waals surface area contributed by atoms with Crippen LogP contribution in [0.15, 0.2) is 28.2 Å². The van der Waals surface area contributed by atoms with Gasteiger partial charge in [0.05, 0.1) is 20.4 Å². The topological polar surface area (TPSA) is 38.7 Å². The Labute approximate surface area is 121 Å². The van der Waals surface area contributed by atoms with Crippen LogP contribution in [0.2, 0.25) is 5.15 Å². The molecule has 3 aromatic rings. The zero-order valence-electron chi connectivity index (χ0n) is 9.32. The molecule has 0 N–H and O–H groups in total. The van der Waals surface area contributed by atoms with Crippen molar-refractivity contribution in [1.29, 1.82) is 0 Å². The van der Waals surface area contributed by atoms with Gasteiger partial charge in [0.25, 0.3) is 0 Å². The van der Waals surface area contributed by atoms with Gasteiger partial charge >= 0.3 is 0 Å². The molecule has 0 amide bonds. The van der Waals surface area contributed by atoms with Crippen LogP contribution in [-0.4, -0.2) is 15.0 Å². The van der Waals surface area contributed by atoms with Crippen molar-refractivity contribution < 1.29 is 0 Å². The molecule has 0 atom stereocenters. The first-order valence-electron chi connectivity index (χ1n) is 5.18. The predicted molar refractivity (Wildman–Crippen MR) is 78.1 cm³/mol. The van der Waals surface area contributed by atoms with E-state index in [1.54, 1.807) is 17.5 Å². The Hall–Kier alpha value is -1.04. The van der Waals surface area contributed by atoms with Crippen LogP contribution in [0.3, 0.4) is 0 Å². The third-order valence-electron chi connectivity index (χ3n) is 2.54. The first-order chi connectivity index (χ1) is 8.65. The Bertz CT molecular complexity index is 718. The molecule has 3 aromatic heterocycles. The van der Waals surface area contributed by atoms with E-state index >= 15 is 0 Å². The molecule has 3 rings (SSSR count). The number of fused-ring (bicyclic) bond motifs is 1. The SMILES string of the molecule is Cc1nc(-c2cnc3ccsc3c2)nc(Cl)c1Br. The number of hydrogen-bond donors (Lipinski definition) is 0. The normalized spacial score (nSPS) is 11.1. The Morgan fingerprint density at radius 3 is 2.94 bits per heavy atom. The van der Waals surface area contributed by atoms with Gasteiger partial charge in [-0.25, -0.2) is 9.97 Å². The number of thiophene rings is 1. The van der Waals surface area contributed by atoms with Crippen molar-refractivity contribution in [2.45, 2.75) is 6.92 Å². The minimum absolute atomic E-state index is 0.420. The summed E-state index contributed by atoms with van der Waals surface area (Å²) in [6.07, 6.45) is 1.77. The fourth-order valence-corrected chi connectivity index (χ4v) is 2.80. The number of aryl methyl sites for hydroxylation is 1. The van der Waals surface area contributed by atoms with E-state index in [2.05, 4.69) is 30.9 Å². The second-order valence-corrected chi connectivity index (χ2v) is 5.86. The molecule has 0 saturated heterocycles. The number of pyridine rings is 1. The maximum Gasteiger partial charge on any atom is 0.162 e. The zero-order chi connectivity index (χ0) is 12.7. The highest BCUT2D eigenvalue weighted by molar-refractivity contribution is 9.10. The second kappa shape index (κ2) is 4.57. The lowest BCUT2D eigenvalue weighted by atomic mass is 10.2. The summed E-state index contributed by atoms with van der Waals surface area (Å²) in [5, 5.41) is 2.44. The maximum atomic E-state index is 6.05. The molecule has 0 radical (unpaired) electrons. The highest BCUT2D eigenvalue weighted by Crippen LogP contribution is 2.28. The molecule has 3 heterocycles. The van der Waals surface area contributed by atoms with Crippen molar-refractivity contribution in [1.82, 2.24) is 15.0 Å². The molecule has 0 aliphatic carbocycles. The molecule has 0 fully saturated rings. The Morgan fingerprint density at radius 1 is 1.33 bits per heavy atom. The zero-order valence-corrected chi connectivity index (χ0v) is 12.5. The number of hydrogen-bond acceptors (Lipinski definition) is 4. The largest absolute Gasteiger partial charge is 0.255 e. The van der Waals surface area contributed by atoms with Crippen LogP contribution >= 0.6 is 38.9 Å². The van der Waals surface area contributed by atoms with Crippen molar-refractivity contribution >= 4 is 49.1 Å². The molecule has 6 heteroatoms. The van der Waals surface area contributed by atoms with E-state index in [0.29, 0.717) is 11.0 Å². The lowest BCUT2D eigenvalue weighted by molar-refractivity contribution is 1.09. The van der Waals surface area contributed by atoms with Gasteiger partial charge in [0, 0.05) is 11.8 Å². The van der Waals surface area contributed by atoms with Crippen molar-refractivity contribution in [3.63, 3.8) is 0 Å². The minimum Gasteiger partial charge on any atom is -0.255 e. The van der Waals surface area contributed by atoms with Crippen molar-refractivity contribution in [3.05, 3.63) is 39.0 Å². The van der Waals surface area contributed by atoms with Crippen LogP contribution in [0.5, 0.6) is 0 Å². The summed E-state index contributed by atoms with van der Waals surface area (Å²) in [6, 6.07) is 4.02. The van der Waals surface area contributed by atoms with Gasteiger partial charge in [0.15, 0.2) is 5.82 Å². The molecular formula is C12H7BrClN3S. The third-order valence-corrected chi connectivity index (χ3v) is 4.84. The molecule has 18 heavy (non-hydrogen) atoms. The number of halogens is 2. The van der Waals surface area contributed by atoms with Crippen molar-refractivity contribution in [2.24, 2.45) is 0 Å². The summed E-state index contributed by atoms with van der Waals surface area (Å²) in [5.74, 6) is 0.600. The summed E-state index contributed by atoms with van der Waals surface area (Å²) in [4.78, 5) is 13.1. The lowest BCUT2D eigenvalue weighted by Gasteiger charge is -2.04. The van der Waals surface area contributed by atoms with Crippen molar-refractivity contribution in [3.8, 4) is 11.4 Å². The van der Waals surface area contributed by atoms with Crippen molar-refractivity contribution in [2.75, 3.05) is 0 Å². The van der Waals surface area contributed by atoms with Crippen LogP contribution in [-0.2, 0) is 0 Å². The lowest BCUT2D eigenvalue weighted by Crippen LogP contribution is -1.94. The third kappa shape index (κ3) is 2.02. The predicted octanol–water partition coefficient (Wildman–Crippen LogP) is 4.48. The van der Waals surface area contributed by atoms with E-state index in [9.17, 15) is 0 Å². The fourth-order valence-electron chi connectivity index (χ4n) is 1.62. The fraction of sp³-hybridized carbons (Fsp3) is 0.0833. The van der Waals surface area contributed by atoms with Gasteiger partial charge in [0.1, 0.15) is 5.15 Å². The highest BCUT2D eigenvalue weighted by Gasteiger charge is 2.10. The van der Waals surface area contributed by atoms with E-state index < -0.39 is 0 Å². The summed E-state index contributed by atoms with van der Waals surface area (Å²) in [7, 11) is 0. The molecule has 0 bridgehead atoms. The molecule has 0 aliphatic heterocycles. The average molecular weight is 341 g/mol. The standard InChI is InChI=1S/C12H7BrClN3S/c1-6-10(13)11(14)17-12(16-6)7-4-9-8(15-5-7)2-3-18-9/h2-5H,1H3. The first kappa shape index (κ1) is 12.0. The van der Waals surface area contributed by atoms with Gasteiger partial charge in [-0.3, -0.25) is 4.98 Å². The Balaban J connectivity index is 2.19. The second-order valence-electron chi connectivity index (χ2n) is 3.77. The summed E-state index contributed by atoms with van der Waals surface area (Å²) >= 11 is 11.0. The molecule has 3 nitrogen and oxygen atoms in total. The molecule has 0 saturated carbocycles. The van der Waals surface area contributed by atoms with Gasteiger partial charge < -0.3 is 0 Å². The highest BCUT2D eigenvalue weighted by atomic mass is 79.9. The summed E-state index contributed by atoms with van der Waals surface area (Å²) < 4.78 is 1.85. The van der Waals surface area contributed by atoms with E-state index in [1.807, 2.05) is 24.4 Å². The number of nitrogens with zero attached hydrogens (tertiary/aromatic N) is 3. The van der Waals surface area contributed by atoms with Gasteiger partial charge in [-0.15, -0.1) is 11.3 Å². The molecule has 0 aromatic carbocycles. The smallest absolute Gasteiger partial charge is 0.162 e. The summed E-state index contributed by atoms with van der Waals surface area (Å²) in [5.41, 5.74) is 2.68. The van der Waals surface area contributed by atoms with Crippen LogP contribution in [0, 0.1) is 6.92 Å². The van der Waals surface area contributed by atoms with Crippen LogP contribution in [0.1, 0.15) is 5.69 Å². The first-order valence-corrected chi connectivity index (χ1v) is 7.23. The Kier molecular flexibility index (Phi) is 3.05. The average Bonchev–Trinajstić information content (AvgIpc) is 2.82. The molecule has 0 aliphatic rings. The molecular weight excluding hydrogens is 334 g/mol. The van der Waals surface area contributed by atoms with Gasteiger partial charge in [-0.1, -0.05) is 11.6 Å². The van der Waals surface area contributed by atoms with Gasteiger partial charge in [-0.05, 0) is 40.4 Å².